The second-order valence-electron chi connectivity index (χ2n) is 5.30. The Balaban J connectivity index is 1.70. The van der Waals surface area contributed by atoms with E-state index < -0.39 is 0 Å². The fraction of sp³-hybridized carbons (Fsp3) is 0.278. The van der Waals surface area contributed by atoms with Crippen molar-refractivity contribution in [2.75, 3.05) is 11.9 Å². The molecular weight excluding hydrogens is 292 g/mol. The number of carbonyl (C=O) groups is 2. The molecule has 1 heterocycles. The third-order valence-corrected chi connectivity index (χ3v) is 3.26. The van der Waals surface area contributed by atoms with Crippen LogP contribution in [0.25, 0.3) is 0 Å². The standard InChI is InChI=1S/C18H20N2O3/c1-13-9-10-19-17(12-13)20-18(22)4-3-11-23-16-7-5-15(6-8-16)14(2)21/h5-10,12H,3-4,11H2,1-2H3,(H,19,20,22). The largest absolute Gasteiger partial charge is 0.494 e. The van der Waals surface area contributed by atoms with Crippen LogP contribution in [-0.4, -0.2) is 23.3 Å². The van der Waals surface area contributed by atoms with Crippen LogP contribution in [0.3, 0.4) is 0 Å². The Bertz CT molecular complexity index is 681. The van der Waals surface area contributed by atoms with Crippen molar-refractivity contribution in [1.29, 1.82) is 0 Å². The molecule has 1 amide bonds. The quantitative estimate of drug-likeness (QED) is 0.628. The van der Waals surface area contributed by atoms with Gasteiger partial charge in [-0.3, -0.25) is 9.59 Å². The summed E-state index contributed by atoms with van der Waals surface area (Å²) in [5.41, 5.74) is 1.70. The molecule has 1 aromatic heterocycles. The molecule has 0 bridgehead atoms. The fourth-order valence-corrected chi connectivity index (χ4v) is 2.02. The average molecular weight is 312 g/mol. The zero-order valence-corrected chi connectivity index (χ0v) is 13.3. The number of amides is 1. The van der Waals surface area contributed by atoms with Crippen molar-refractivity contribution >= 4 is 17.5 Å². The first-order valence-electron chi connectivity index (χ1n) is 7.51. The molecule has 0 aliphatic carbocycles. The highest BCUT2D eigenvalue weighted by Crippen LogP contribution is 2.13. The summed E-state index contributed by atoms with van der Waals surface area (Å²) in [4.78, 5) is 27.1. The molecule has 5 heteroatoms. The molecule has 0 radical (unpaired) electrons. The number of benzene rings is 1. The average Bonchev–Trinajstić information content (AvgIpc) is 2.52. The number of rotatable bonds is 7. The van der Waals surface area contributed by atoms with Gasteiger partial charge in [-0.1, -0.05) is 0 Å². The van der Waals surface area contributed by atoms with Crippen molar-refractivity contribution in [2.24, 2.45) is 0 Å². The Morgan fingerprint density at radius 1 is 1.17 bits per heavy atom. The van der Waals surface area contributed by atoms with Gasteiger partial charge >= 0.3 is 0 Å². The van der Waals surface area contributed by atoms with Gasteiger partial charge in [0.25, 0.3) is 0 Å². The maximum absolute atomic E-state index is 11.8. The first-order chi connectivity index (χ1) is 11.0. The minimum absolute atomic E-state index is 0.0259. The Morgan fingerprint density at radius 3 is 2.57 bits per heavy atom. The normalized spacial score (nSPS) is 10.2. The van der Waals surface area contributed by atoms with Crippen LogP contribution in [0.2, 0.25) is 0 Å². The van der Waals surface area contributed by atoms with E-state index in [0.29, 0.717) is 36.6 Å². The number of hydrogen-bond donors (Lipinski definition) is 1. The van der Waals surface area contributed by atoms with E-state index >= 15 is 0 Å². The highest BCUT2D eigenvalue weighted by molar-refractivity contribution is 5.94. The zero-order chi connectivity index (χ0) is 16.7. The molecule has 0 saturated carbocycles. The van der Waals surface area contributed by atoms with Crippen LogP contribution in [-0.2, 0) is 4.79 Å². The lowest BCUT2D eigenvalue weighted by Crippen LogP contribution is -2.13. The number of ketones is 1. The number of aromatic nitrogens is 1. The highest BCUT2D eigenvalue weighted by Gasteiger charge is 2.04. The summed E-state index contributed by atoms with van der Waals surface area (Å²) in [6, 6.07) is 10.7. The Hall–Kier alpha value is -2.69. The monoisotopic (exact) mass is 312 g/mol. The van der Waals surface area contributed by atoms with Crippen LogP contribution in [0.1, 0.15) is 35.7 Å². The lowest BCUT2D eigenvalue weighted by molar-refractivity contribution is -0.116. The first-order valence-corrected chi connectivity index (χ1v) is 7.51. The van der Waals surface area contributed by atoms with Crippen molar-refractivity contribution in [3.05, 3.63) is 53.7 Å². The second kappa shape index (κ2) is 8.08. The summed E-state index contributed by atoms with van der Waals surface area (Å²) in [7, 11) is 0. The summed E-state index contributed by atoms with van der Waals surface area (Å²) < 4.78 is 5.55. The Kier molecular flexibility index (Phi) is 5.86. The molecular formula is C18H20N2O3. The van der Waals surface area contributed by atoms with Gasteiger partial charge in [0.15, 0.2) is 5.78 Å². The molecule has 1 N–H and O–H groups in total. The molecule has 1 aromatic carbocycles. The van der Waals surface area contributed by atoms with Crippen LogP contribution in [0.5, 0.6) is 5.75 Å². The topological polar surface area (TPSA) is 68.3 Å². The van der Waals surface area contributed by atoms with E-state index in [1.165, 1.54) is 6.92 Å². The van der Waals surface area contributed by atoms with Gasteiger partial charge in [-0.15, -0.1) is 0 Å². The molecule has 2 rings (SSSR count). The number of nitrogens with one attached hydrogen (secondary N) is 1. The van der Waals surface area contributed by atoms with Gasteiger partial charge in [-0.05, 0) is 62.2 Å². The number of Topliss-reactive ketones (excluding diaryl/α,β-unsaturated/α-hetero) is 1. The predicted octanol–water partition coefficient (Wildman–Crippen LogP) is 3.39. The number of aryl methyl sites for hydroxylation is 1. The summed E-state index contributed by atoms with van der Waals surface area (Å²) in [5, 5.41) is 2.76. The van der Waals surface area contributed by atoms with E-state index in [4.69, 9.17) is 4.74 Å². The molecule has 23 heavy (non-hydrogen) atoms. The molecule has 2 aromatic rings. The summed E-state index contributed by atoms with van der Waals surface area (Å²) in [6.45, 7) is 3.91. The Labute approximate surface area is 135 Å². The number of carbonyl (C=O) groups excluding carboxylic acids is 2. The van der Waals surface area contributed by atoms with Crippen LogP contribution in [0.4, 0.5) is 5.82 Å². The number of nitrogens with zero attached hydrogens (tertiary/aromatic N) is 1. The van der Waals surface area contributed by atoms with Gasteiger partial charge in [0.2, 0.25) is 5.91 Å². The van der Waals surface area contributed by atoms with Gasteiger partial charge in [0.1, 0.15) is 11.6 Å². The third kappa shape index (κ3) is 5.54. The number of ether oxygens (including phenoxy) is 1. The summed E-state index contributed by atoms with van der Waals surface area (Å²) >= 11 is 0. The molecule has 0 fully saturated rings. The smallest absolute Gasteiger partial charge is 0.225 e. The molecule has 0 unspecified atom stereocenters. The van der Waals surface area contributed by atoms with Gasteiger partial charge < -0.3 is 10.1 Å². The fourth-order valence-electron chi connectivity index (χ4n) is 2.02. The third-order valence-electron chi connectivity index (χ3n) is 3.26. The molecule has 5 nitrogen and oxygen atoms in total. The van der Waals surface area contributed by atoms with Crippen molar-refractivity contribution in [3.63, 3.8) is 0 Å². The van der Waals surface area contributed by atoms with Crippen molar-refractivity contribution in [3.8, 4) is 5.75 Å². The second-order valence-corrected chi connectivity index (χ2v) is 5.30. The van der Waals surface area contributed by atoms with Crippen LogP contribution >= 0.6 is 0 Å². The van der Waals surface area contributed by atoms with Crippen molar-refractivity contribution in [1.82, 2.24) is 4.98 Å². The molecule has 0 saturated heterocycles. The van der Waals surface area contributed by atoms with E-state index in [1.54, 1.807) is 30.5 Å². The number of hydrogen-bond acceptors (Lipinski definition) is 4. The minimum atomic E-state index is -0.0846. The van der Waals surface area contributed by atoms with Gasteiger partial charge in [0, 0.05) is 18.2 Å². The minimum Gasteiger partial charge on any atom is -0.494 e. The lowest BCUT2D eigenvalue weighted by Gasteiger charge is -2.07. The van der Waals surface area contributed by atoms with E-state index in [0.717, 1.165) is 5.56 Å². The van der Waals surface area contributed by atoms with E-state index in [2.05, 4.69) is 10.3 Å². The number of anilines is 1. The Morgan fingerprint density at radius 2 is 1.91 bits per heavy atom. The molecule has 0 atom stereocenters. The SMILES string of the molecule is CC(=O)c1ccc(OCCCC(=O)Nc2cc(C)ccn2)cc1. The van der Waals surface area contributed by atoms with Crippen molar-refractivity contribution < 1.29 is 14.3 Å². The van der Waals surface area contributed by atoms with Crippen LogP contribution < -0.4 is 10.1 Å². The van der Waals surface area contributed by atoms with E-state index in [-0.39, 0.29) is 11.7 Å². The molecule has 0 aliphatic heterocycles. The van der Waals surface area contributed by atoms with Gasteiger partial charge in [-0.25, -0.2) is 4.98 Å². The van der Waals surface area contributed by atoms with Crippen LogP contribution in [0, 0.1) is 6.92 Å². The van der Waals surface area contributed by atoms with E-state index in [1.807, 2.05) is 19.1 Å². The van der Waals surface area contributed by atoms with E-state index in [9.17, 15) is 9.59 Å². The molecule has 0 aliphatic rings. The number of pyridine rings is 1. The maximum atomic E-state index is 11.8. The van der Waals surface area contributed by atoms with Crippen LogP contribution in [0.15, 0.2) is 42.6 Å². The van der Waals surface area contributed by atoms with Gasteiger partial charge in [0.05, 0.1) is 6.61 Å². The lowest BCUT2D eigenvalue weighted by atomic mass is 10.1. The first kappa shape index (κ1) is 16.7. The summed E-state index contributed by atoms with van der Waals surface area (Å²) in [5.74, 6) is 1.20. The summed E-state index contributed by atoms with van der Waals surface area (Å²) in [6.07, 6.45) is 2.63. The molecule has 0 spiro atoms. The van der Waals surface area contributed by atoms with Crippen molar-refractivity contribution in [2.45, 2.75) is 26.7 Å². The highest BCUT2D eigenvalue weighted by atomic mass is 16.5. The predicted molar refractivity (Wildman–Crippen MR) is 88.8 cm³/mol. The maximum Gasteiger partial charge on any atom is 0.225 e. The zero-order valence-electron chi connectivity index (χ0n) is 13.3. The van der Waals surface area contributed by atoms with Gasteiger partial charge in [-0.2, -0.15) is 0 Å². The molecule has 120 valence electrons.